The van der Waals surface area contributed by atoms with Gasteiger partial charge >= 0.3 is 0 Å². The number of allylic oxidation sites excluding steroid dienone is 1. The number of hydrogen-bond acceptors (Lipinski definition) is 3. The van der Waals surface area contributed by atoms with Crippen LogP contribution in [0.4, 0.5) is 4.39 Å². The standard InChI is InChI=1S/C46H34FNO3/c1-7-13-14-15-16-17-18-19-20-21-22-23-24-25-26-27-28-29-30-31-32-33-34-37-45(49)48-43(42(47)35-8-2)38-50-46-41(12-6)39(10-4)40(11-5)44(51-46)36-9-3/h9-12,39-44,46H,3-6,8,35-36,38H2,1-2H3,(H,48,49)/t39-,40+,41?,42+,43-,44?,46-/m0/s1. The average Bonchev–Trinajstić information content (AvgIpc) is 3.13. The highest BCUT2D eigenvalue weighted by Gasteiger charge is 2.42. The van der Waals surface area contributed by atoms with Crippen molar-refractivity contribution in [2.45, 2.75) is 57.7 Å². The van der Waals surface area contributed by atoms with E-state index in [1.807, 2.05) is 19.1 Å². The highest BCUT2D eigenvalue weighted by atomic mass is 19.1. The third kappa shape index (κ3) is 18.2. The van der Waals surface area contributed by atoms with E-state index in [2.05, 4.69) is 174 Å². The van der Waals surface area contributed by atoms with Gasteiger partial charge < -0.3 is 14.8 Å². The summed E-state index contributed by atoms with van der Waals surface area (Å²) < 4.78 is 27.4. The molecule has 0 saturated carbocycles. The zero-order valence-corrected chi connectivity index (χ0v) is 28.6. The van der Waals surface area contributed by atoms with Crippen molar-refractivity contribution in [3.05, 3.63) is 50.6 Å². The molecule has 1 N–H and O–H groups in total. The molecule has 0 spiro atoms. The van der Waals surface area contributed by atoms with Gasteiger partial charge in [0.25, 0.3) is 5.91 Å². The molecule has 1 heterocycles. The highest BCUT2D eigenvalue weighted by molar-refractivity contribution is 5.94. The van der Waals surface area contributed by atoms with Crippen LogP contribution >= 0.6 is 0 Å². The Bertz CT molecular complexity index is 2090. The summed E-state index contributed by atoms with van der Waals surface area (Å²) in [6.07, 6.45) is 6.20. The van der Waals surface area contributed by atoms with Gasteiger partial charge in [0, 0.05) is 53.3 Å². The van der Waals surface area contributed by atoms with Gasteiger partial charge in [-0.2, -0.15) is 0 Å². The van der Waals surface area contributed by atoms with E-state index in [-0.39, 0.29) is 36.9 Å². The van der Waals surface area contributed by atoms with Crippen LogP contribution in [0, 0.1) is 160 Å². The van der Waals surface area contributed by atoms with Crippen molar-refractivity contribution in [1.29, 1.82) is 0 Å². The Morgan fingerprint density at radius 1 is 0.706 bits per heavy atom. The Balaban J connectivity index is 2.74. The van der Waals surface area contributed by atoms with Gasteiger partial charge in [-0.3, -0.25) is 4.79 Å². The first-order valence-corrected chi connectivity index (χ1v) is 15.6. The van der Waals surface area contributed by atoms with E-state index < -0.39 is 24.4 Å². The predicted molar refractivity (Wildman–Crippen MR) is 201 cm³/mol. The third-order valence-electron chi connectivity index (χ3n) is 6.53. The van der Waals surface area contributed by atoms with Crippen molar-refractivity contribution in [2.75, 3.05) is 6.61 Å². The predicted octanol–water partition coefficient (Wildman–Crippen LogP) is 4.39. The lowest BCUT2D eigenvalue weighted by atomic mass is 9.75. The largest absolute Gasteiger partial charge is 0.350 e. The maximum absolute atomic E-state index is 15.1. The minimum atomic E-state index is -1.37. The molecule has 1 aliphatic rings. The van der Waals surface area contributed by atoms with Gasteiger partial charge in [0.15, 0.2) is 6.29 Å². The molecular weight excluding hydrogens is 634 g/mol. The molecule has 1 aliphatic heterocycles. The Morgan fingerprint density at radius 2 is 1.14 bits per heavy atom. The van der Waals surface area contributed by atoms with E-state index in [1.165, 1.54) is 0 Å². The van der Waals surface area contributed by atoms with E-state index in [0.717, 1.165) is 0 Å². The number of halogens is 1. The van der Waals surface area contributed by atoms with Gasteiger partial charge in [-0.25, -0.2) is 4.39 Å². The second-order valence-corrected chi connectivity index (χ2v) is 9.85. The summed E-state index contributed by atoms with van der Waals surface area (Å²) in [6.45, 7) is 19.1. The van der Waals surface area contributed by atoms with Gasteiger partial charge in [-0.15, -0.1) is 26.3 Å². The fourth-order valence-electron chi connectivity index (χ4n) is 4.35. The summed E-state index contributed by atoms with van der Waals surface area (Å²) in [4.78, 5) is 12.5. The number of carbonyl (C=O) groups is 1. The average molecular weight is 668 g/mol. The van der Waals surface area contributed by atoms with Crippen molar-refractivity contribution in [3.63, 3.8) is 0 Å². The van der Waals surface area contributed by atoms with Crippen molar-refractivity contribution in [1.82, 2.24) is 5.32 Å². The van der Waals surface area contributed by atoms with Crippen molar-refractivity contribution >= 4 is 5.91 Å². The molecular formula is C46H34FNO3. The molecule has 7 atom stereocenters. The molecule has 5 heteroatoms. The molecule has 0 bridgehead atoms. The molecule has 1 amide bonds. The molecule has 0 radical (unpaired) electrons. The summed E-state index contributed by atoms with van der Waals surface area (Å²) in [5.41, 5.74) is 0. The minimum Gasteiger partial charge on any atom is -0.350 e. The van der Waals surface area contributed by atoms with Crippen LogP contribution in [0.15, 0.2) is 50.6 Å². The molecule has 0 aromatic carbocycles. The van der Waals surface area contributed by atoms with Crippen LogP contribution in [0.1, 0.15) is 33.1 Å². The quantitative estimate of drug-likeness (QED) is 0.248. The summed E-state index contributed by atoms with van der Waals surface area (Å²) in [5.74, 6) is 58.8. The zero-order chi connectivity index (χ0) is 37.4. The van der Waals surface area contributed by atoms with Crippen molar-refractivity contribution in [2.24, 2.45) is 17.8 Å². The van der Waals surface area contributed by atoms with Crippen LogP contribution in [-0.4, -0.2) is 37.1 Å². The second kappa shape index (κ2) is 28.1. The number of ether oxygens (including phenoxy) is 2. The van der Waals surface area contributed by atoms with Crippen LogP contribution in [-0.2, 0) is 14.3 Å². The van der Waals surface area contributed by atoms with Gasteiger partial charge in [0.2, 0.25) is 0 Å². The van der Waals surface area contributed by atoms with Gasteiger partial charge in [-0.1, -0.05) is 43.6 Å². The van der Waals surface area contributed by atoms with Crippen LogP contribution < -0.4 is 5.32 Å². The Hall–Kier alpha value is -7.00. The summed E-state index contributed by atoms with van der Waals surface area (Å²) >= 11 is 0. The van der Waals surface area contributed by atoms with Crippen LogP contribution in [0.25, 0.3) is 0 Å². The van der Waals surface area contributed by atoms with Crippen molar-refractivity contribution in [3.8, 4) is 142 Å². The van der Waals surface area contributed by atoms with Crippen LogP contribution in [0.2, 0.25) is 0 Å². The molecule has 248 valence electrons. The number of nitrogens with one attached hydrogen (secondary N) is 1. The maximum atomic E-state index is 15.1. The van der Waals surface area contributed by atoms with E-state index in [1.54, 1.807) is 19.1 Å². The number of hydrogen-bond donors (Lipinski definition) is 1. The minimum absolute atomic E-state index is 0.0230. The monoisotopic (exact) mass is 667 g/mol. The molecule has 0 aromatic heterocycles. The van der Waals surface area contributed by atoms with Crippen molar-refractivity contribution < 1.29 is 18.7 Å². The fourth-order valence-corrected chi connectivity index (χ4v) is 4.35. The Kier molecular flexibility index (Phi) is 23.1. The molecule has 0 aliphatic carbocycles. The fraction of sp³-hybridized carbons (Fsp3) is 0.283. The summed E-state index contributed by atoms with van der Waals surface area (Å²) in [5, 5.41) is 2.59. The van der Waals surface area contributed by atoms with E-state index in [4.69, 9.17) is 9.47 Å². The molecule has 1 saturated heterocycles. The van der Waals surface area contributed by atoms with E-state index >= 15 is 4.39 Å². The molecule has 0 aromatic rings. The van der Waals surface area contributed by atoms with Crippen LogP contribution in [0.5, 0.6) is 0 Å². The SMILES string of the molecule is C=CCC1O[C@H](OC[C@H](NC(=O)C#CC#CC#CC#CC#CC#CC#CC#CC#CC#CC#CC#CC)[C@H](F)CCC)C(C=C)[C@@H](C=C)[C@H]1C=C. The lowest BCUT2D eigenvalue weighted by Gasteiger charge is -2.44. The number of alkyl halides is 1. The number of rotatable bonds is 12. The highest BCUT2D eigenvalue weighted by Crippen LogP contribution is 2.39. The van der Waals surface area contributed by atoms with Gasteiger partial charge in [-0.05, 0) is 120 Å². The first-order valence-electron chi connectivity index (χ1n) is 15.6. The normalized spacial score (nSPS) is 17.7. The Labute approximate surface area is 303 Å². The Morgan fingerprint density at radius 3 is 1.53 bits per heavy atom. The molecule has 1 fully saturated rings. The second-order valence-electron chi connectivity index (χ2n) is 9.85. The number of amides is 1. The molecule has 2 unspecified atom stereocenters. The topological polar surface area (TPSA) is 47.6 Å². The molecule has 1 rings (SSSR count). The number of carbonyl (C=O) groups excluding carboxylic acids is 1. The smallest absolute Gasteiger partial charge is 0.297 e. The molecule has 4 nitrogen and oxygen atoms in total. The van der Waals surface area contributed by atoms with Gasteiger partial charge in [0.05, 0.1) is 18.8 Å². The summed E-state index contributed by atoms with van der Waals surface area (Å²) in [7, 11) is 0. The first-order chi connectivity index (χ1) is 25.0. The van der Waals surface area contributed by atoms with E-state index in [0.29, 0.717) is 12.8 Å². The lowest BCUT2D eigenvalue weighted by molar-refractivity contribution is -0.236. The van der Waals surface area contributed by atoms with E-state index in [9.17, 15) is 4.79 Å². The maximum Gasteiger partial charge on any atom is 0.297 e. The van der Waals surface area contributed by atoms with Crippen LogP contribution in [0.3, 0.4) is 0 Å². The first kappa shape index (κ1) is 42.0. The third-order valence-corrected chi connectivity index (χ3v) is 6.53. The zero-order valence-electron chi connectivity index (χ0n) is 28.6. The lowest BCUT2D eigenvalue weighted by Crippen LogP contribution is -2.50. The molecule has 51 heavy (non-hydrogen) atoms. The summed E-state index contributed by atoms with van der Waals surface area (Å²) in [6, 6.07) is -0.962. The van der Waals surface area contributed by atoms with Gasteiger partial charge in [0.1, 0.15) is 6.17 Å².